The Balaban J connectivity index is 1.33. The Bertz CT molecular complexity index is 1630. The van der Waals surface area contributed by atoms with E-state index in [0.717, 1.165) is 63.4 Å². The SMILES string of the molecule is c1ccc(-c2nnc(-c3cc(-c4nnc(-c5ccccc5)s4)cc(-c4nnc(-c5ccccc5)s4)c3)s2)cc1. The molecule has 0 radical (unpaired) electrons. The van der Waals surface area contributed by atoms with Crippen LogP contribution in [0.25, 0.3) is 63.4 Å². The van der Waals surface area contributed by atoms with Gasteiger partial charge in [-0.05, 0) is 18.2 Å². The standard InChI is InChI=1S/C30H18N6S3/c1-4-10-19(11-5-1)25-31-34-28(37-25)22-16-23(29-35-32-26(38-29)20-12-6-2-7-13-20)18-24(17-22)30-36-33-27(39-30)21-14-8-3-9-15-21/h1-18H. The number of aromatic nitrogens is 6. The predicted molar refractivity (Wildman–Crippen MR) is 159 cm³/mol. The van der Waals surface area contributed by atoms with Crippen molar-refractivity contribution in [2.45, 2.75) is 0 Å². The van der Waals surface area contributed by atoms with Gasteiger partial charge >= 0.3 is 0 Å². The van der Waals surface area contributed by atoms with Crippen LogP contribution in [-0.4, -0.2) is 30.6 Å². The Morgan fingerprint density at radius 1 is 0.282 bits per heavy atom. The Hall–Kier alpha value is -4.44. The van der Waals surface area contributed by atoms with Crippen molar-refractivity contribution in [1.29, 1.82) is 0 Å². The molecule has 186 valence electrons. The molecule has 0 fully saturated rings. The van der Waals surface area contributed by atoms with Crippen LogP contribution in [0.5, 0.6) is 0 Å². The van der Waals surface area contributed by atoms with Gasteiger partial charge in [-0.15, -0.1) is 30.6 Å². The molecule has 3 aromatic heterocycles. The van der Waals surface area contributed by atoms with E-state index in [1.165, 1.54) is 0 Å². The zero-order valence-corrected chi connectivity index (χ0v) is 22.7. The highest BCUT2D eigenvalue weighted by Crippen LogP contribution is 2.39. The molecule has 7 aromatic rings. The predicted octanol–water partition coefficient (Wildman–Crippen LogP) is 8.24. The first-order chi connectivity index (χ1) is 19.3. The fraction of sp³-hybridized carbons (Fsp3) is 0. The minimum absolute atomic E-state index is 0.831. The van der Waals surface area contributed by atoms with Crippen LogP contribution in [0, 0.1) is 0 Å². The first kappa shape index (κ1) is 23.7. The lowest BCUT2D eigenvalue weighted by atomic mass is 10.1. The van der Waals surface area contributed by atoms with Gasteiger partial charge in [0.25, 0.3) is 0 Å². The second kappa shape index (κ2) is 10.4. The minimum atomic E-state index is 0.831. The molecule has 0 aliphatic heterocycles. The molecule has 0 aliphatic rings. The van der Waals surface area contributed by atoms with Crippen LogP contribution in [0.4, 0.5) is 0 Å². The van der Waals surface area contributed by atoms with Crippen LogP contribution < -0.4 is 0 Å². The second-order valence-electron chi connectivity index (χ2n) is 8.63. The molecule has 0 saturated carbocycles. The van der Waals surface area contributed by atoms with Gasteiger partial charge in [0.15, 0.2) is 0 Å². The zero-order valence-electron chi connectivity index (χ0n) is 20.3. The van der Waals surface area contributed by atoms with Gasteiger partial charge in [0.1, 0.15) is 30.0 Å². The van der Waals surface area contributed by atoms with Crippen LogP contribution >= 0.6 is 34.0 Å². The molecule has 0 saturated heterocycles. The maximum atomic E-state index is 4.54. The van der Waals surface area contributed by atoms with Crippen molar-refractivity contribution in [2.75, 3.05) is 0 Å². The smallest absolute Gasteiger partial charge is 0.138 e. The van der Waals surface area contributed by atoms with Gasteiger partial charge in [-0.1, -0.05) is 125 Å². The van der Waals surface area contributed by atoms with Crippen LogP contribution in [-0.2, 0) is 0 Å². The van der Waals surface area contributed by atoms with Crippen LogP contribution in [0.3, 0.4) is 0 Å². The Kier molecular flexibility index (Phi) is 6.29. The Morgan fingerprint density at radius 2 is 0.513 bits per heavy atom. The summed E-state index contributed by atoms with van der Waals surface area (Å²) in [5.41, 5.74) is 6.00. The molecule has 0 atom stereocenters. The Morgan fingerprint density at radius 3 is 0.769 bits per heavy atom. The third-order valence-electron chi connectivity index (χ3n) is 6.01. The highest BCUT2D eigenvalue weighted by molar-refractivity contribution is 7.18. The maximum absolute atomic E-state index is 4.54. The van der Waals surface area contributed by atoms with Gasteiger partial charge in [0.2, 0.25) is 0 Å². The lowest BCUT2D eigenvalue weighted by Gasteiger charge is -2.04. The van der Waals surface area contributed by atoms with Gasteiger partial charge < -0.3 is 0 Å². The molecule has 0 N–H and O–H groups in total. The first-order valence-electron chi connectivity index (χ1n) is 12.1. The van der Waals surface area contributed by atoms with E-state index in [1.807, 2.05) is 91.0 Å². The fourth-order valence-corrected chi connectivity index (χ4v) is 6.62. The van der Waals surface area contributed by atoms with Crippen LogP contribution in [0.15, 0.2) is 109 Å². The number of hydrogen-bond donors (Lipinski definition) is 0. The quantitative estimate of drug-likeness (QED) is 0.205. The molecule has 6 nitrogen and oxygen atoms in total. The molecule has 4 aromatic carbocycles. The monoisotopic (exact) mass is 558 g/mol. The average molecular weight is 559 g/mol. The van der Waals surface area contributed by atoms with E-state index >= 15 is 0 Å². The molecule has 0 bridgehead atoms. The van der Waals surface area contributed by atoms with E-state index in [1.54, 1.807) is 34.0 Å². The summed E-state index contributed by atoms with van der Waals surface area (Å²) in [5.74, 6) is 0. The van der Waals surface area contributed by atoms with E-state index in [0.29, 0.717) is 0 Å². The highest BCUT2D eigenvalue weighted by atomic mass is 32.1. The van der Waals surface area contributed by atoms with Crippen LogP contribution in [0.1, 0.15) is 0 Å². The maximum Gasteiger partial charge on any atom is 0.148 e. The van der Waals surface area contributed by atoms with E-state index in [-0.39, 0.29) is 0 Å². The number of benzene rings is 4. The normalized spacial score (nSPS) is 11.1. The molecule has 0 aliphatic carbocycles. The first-order valence-corrected chi connectivity index (χ1v) is 14.6. The summed E-state index contributed by atoms with van der Waals surface area (Å²) in [4.78, 5) is 0. The minimum Gasteiger partial charge on any atom is -0.138 e. The summed E-state index contributed by atoms with van der Waals surface area (Å²) >= 11 is 4.69. The summed E-state index contributed by atoms with van der Waals surface area (Å²) in [5, 5.41) is 32.2. The Labute approximate surface area is 236 Å². The van der Waals surface area contributed by atoms with E-state index in [2.05, 4.69) is 48.8 Å². The molecular weight excluding hydrogens is 541 g/mol. The molecule has 7 rings (SSSR count). The number of hydrogen-bond acceptors (Lipinski definition) is 9. The number of nitrogens with zero attached hydrogens (tertiary/aromatic N) is 6. The lowest BCUT2D eigenvalue weighted by molar-refractivity contribution is 1.09. The third kappa shape index (κ3) is 4.90. The molecule has 39 heavy (non-hydrogen) atoms. The number of rotatable bonds is 6. The fourth-order valence-electron chi connectivity index (χ4n) is 4.11. The van der Waals surface area contributed by atoms with Crippen molar-refractivity contribution in [2.24, 2.45) is 0 Å². The van der Waals surface area contributed by atoms with Crippen molar-refractivity contribution in [3.05, 3.63) is 109 Å². The van der Waals surface area contributed by atoms with Gasteiger partial charge in [-0.3, -0.25) is 0 Å². The molecule has 3 heterocycles. The largest absolute Gasteiger partial charge is 0.148 e. The van der Waals surface area contributed by atoms with E-state index in [9.17, 15) is 0 Å². The zero-order chi connectivity index (χ0) is 26.0. The van der Waals surface area contributed by atoms with Crippen molar-refractivity contribution >= 4 is 34.0 Å². The van der Waals surface area contributed by atoms with Crippen molar-refractivity contribution in [1.82, 2.24) is 30.6 Å². The molecule has 0 unspecified atom stereocenters. The van der Waals surface area contributed by atoms with Crippen LogP contribution in [0.2, 0.25) is 0 Å². The van der Waals surface area contributed by atoms with Gasteiger partial charge in [-0.25, -0.2) is 0 Å². The topological polar surface area (TPSA) is 77.3 Å². The van der Waals surface area contributed by atoms with E-state index in [4.69, 9.17) is 0 Å². The summed E-state index contributed by atoms with van der Waals surface area (Å²) < 4.78 is 0. The third-order valence-corrected chi connectivity index (χ3v) is 9.08. The van der Waals surface area contributed by atoms with Crippen molar-refractivity contribution in [3.8, 4) is 63.4 Å². The summed E-state index contributed by atoms with van der Waals surface area (Å²) in [6.45, 7) is 0. The van der Waals surface area contributed by atoms with Gasteiger partial charge in [0, 0.05) is 33.4 Å². The summed E-state index contributed by atoms with van der Waals surface area (Å²) in [7, 11) is 0. The summed E-state index contributed by atoms with van der Waals surface area (Å²) in [6.07, 6.45) is 0. The molecule has 0 spiro atoms. The molecule has 9 heteroatoms. The molecular formula is C30H18N6S3. The van der Waals surface area contributed by atoms with E-state index < -0.39 is 0 Å². The van der Waals surface area contributed by atoms with Crippen molar-refractivity contribution in [3.63, 3.8) is 0 Å². The highest BCUT2D eigenvalue weighted by Gasteiger charge is 2.17. The van der Waals surface area contributed by atoms with Crippen molar-refractivity contribution < 1.29 is 0 Å². The second-order valence-corrected chi connectivity index (χ2v) is 11.6. The van der Waals surface area contributed by atoms with Gasteiger partial charge in [0.05, 0.1) is 0 Å². The summed E-state index contributed by atoms with van der Waals surface area (Å²) in [6, 6.07) is 36.6. The lowest BCUT2D eigenvalue weighted by Crippen LogP contribution is -1.85. The van der Waals surface area contributed by atoms with Gasteiger partial charge in [-0.2, -0.15) is 0 Å². The molecule has 0 amide bonds. The average Bonchev–Trinajstić information content (AvgIpc) is 3.80.